The molecule has 0 bridgehead atoms. The number of carbonyl (C=O) groups excluding carboxylic acids is 2. The van der Waals surface area contributed by atoms with Gasteiger partial charge in [-0.1, -0.05) is 6.92 Å². The van der Waals surface area contributed by atoms with Gasteiger partial charge in [0.15, 0.2) is 18.1 Å². The third-order valence-corrected chi connectivity index (χ3v) is 3.41. The van der Waals surface area contributed by atoms with Crippen molar-refractivity contribution in [3.8, 4) is 11.5 Å². The Morgan fingerprint density at radius 3 is 2.85 bits per heavy atom. The van der Waals surface area contributed by atoms with Crippen LogP contribution in [-0.4, -0.2) is 25.3 Å². The van der Waals surface area contributed by atoms with E-state index < -0.39 is 0 Å². The molecule has 20 heavy (non-hydrogen) atoms. The van der Waals surface area contributed by atoms with Crippen LogP contribution < -0.4 is 14.8 Å². The van der Waals surface area contributed by atoms with E-state index in [0.717, 1.165) is 6.42 Å². The van der Waals surface area contributed by atoms with Gasteiger partial charge in [0, 0.05) is 11.8 Å². The Kier molecular flexibility index (Phi) is 3.22. The van der Waals surface area contributed by atoms with Gasteiger partial charge in [0.2, 0.25) is 6.79 Å². The van der Waals surface area contributed by atoms with Crippen LogP contribution in [0, 0.1) is 11.8 Å². The van der Waals surface area contributed by atoms with E-state index >= 15 is 0 Å². The Balaban J connectivity index is 1.50. The Hall–Kier alpha value is -2.24. The maximum atomic E-state index is 11.7. The summed E-state index contributed by atoms with van der Waals surface area (Å²) in [7, 11) is 0. The number of ether oxygens (including phenoxy) is 3. The summed E-state index contributed by atoms with van der Waals surface area (Å²) >= 11 is 0. The summed E-state index contributed by atoms with van der Waals surface area (Å²) in [4.78, 5) is 23.2. The van der Waals surface area contributed by atoms with E-state index in [1.165, 1.54) is 0 Å². The molecule has 0 saturated heterocycles. The highest BCUT2D eigenvalue weighted by molar-refractivity contribution is 5.93. The molecule has 1 N–H and O–H groups in total. The van der Waals surface area contributed by atoms with Crippen LogP contribution >= 0.6 is 0 Å². The molecule has 0 radical (unpaired) electrons. The van der Waals surface area contributed by atoms with Gasteiger partial charge in [-0.2, -0.15) is 0 Å². The predicted molar refractivity (Wildman–Crippen MR) is 69.4 cm³/mol. The third kappa shape index (κ3) is 2.68. The highest BCUT2D eigenvalue weighted by Crippen LogP contribution is 2.38. The fourth-order valence-electron chi connectivity index (χ4n) is 2.07. The minimum atomic E-state index is -0.370. The van der Waals surface area contributed by atoms with Crippen LogP contribution in [0.1, 0.15) is 13.3 Å². The van der Waals surface area contributed by atoms with Gasteiger partial charge in [-0.25, -0.2) is 0 Å². The SMILES string of the molecule is CC1CC1C(=O)OCC(=O)Nc1ccc2c(c1)OCO2. The molecule has 6 nitrogen and oxygen atoms in total. The Morgan fingerprint density at radius 1 is 1.35 bits per heavy atom. The molecule has 1 aromatic carbocycles. The quantitative estimate of drug-likeness (QED) is 0.845. The normalized spacial score (nSPS) is 22.2. The first-order valence-electron chi connectivity index (χ1n) is 6.49. The van der Waals surface area contributed by atoms with Crippen LogP contribution in [0.15, 0.2) is 18.2 Å². The topological polar surface area (TPSA) is 73.9 Å². The molecule has 0 spiro atoms. The lowest BCUT2D eigenvalue weighted by molar-refractivity contribution is -0.148. The molecule has 106 valence electrons. The minimum absolute atomic E-state index is 0.0339. The Bertz CT molecular complexity index is 556. The highest BCUT2D eigenvalue weighted by Gasteiger charge is 2.40. The lowest BCUT2D eigenvalue weighted by atomic mass is 10.3. The first-order valence-corrected chi connectivity index (χ1v) is 6.49. The molecule has 1 aliphatic carbocycles. The second-order valence-corrected chi connectivity index (χ2v) is 5.04. The van der Waals surface area contributed by atoms with Crippen molar-refractivity contribution in [2.24, 2.45) is 11.8 Å². The highest BCUT2D eigenvalue weighted by atomic mass is 16.7. The Morgan fingerprint density at radius 2 is 2.10 bits per heavy atom. The zero-order valence-corrected chi connectivity index (χ0v) is 11.0. The van der Waals surface area contributed by atoms with Crippen molar-refractivity contribution in [3.05, 3.63) is 18.2 Å². The fourth-order valence-corrected chi connectivity index (χ4v) is 2.07. The number of carbonyl (C=O) groups is 2. The molecule has 1 aromatic rings. The molecule has 2 atom stereocenters. The molecule has 2 unspecified atom stereocenters. The van der Waals surface area contributed by atoms with Gasteiger partial charge >= 0.3 is 5.97 Å². The maximum absolute atomic E-state index is 11.7. The van der Waals surface area contributed by atoms with E-state index in [2.05, 4.69) is 5.32 Å². The molecule has 1 aliphatic heterocycles. The summed E-state index contributed by atoms with van der Waals surface area (Å²) in [5.74, 6) is 0.917. The van der Waals surface area contributed by atoms with E-state index in [-0.39, 0.29) is 31.2 Å². The number of nitrogens with one attached hydrogen (secondary N) is 1. The van der Waals surface area contributed by atoms with Crippen molar-refractivity contribution in [2.45, 2.75) is 13.3 Å². The van der Waals surface area contributed by atoms with Gasteiger partial charge in [0.05, 0.1) is 5.92 Å². The molecular formula is C14H15NO5. The van der Waals surface area contributed by atoms with Crippen molar-refractivity contribution in [1.82, 2.24) is 0 Å². The molecule has 2 aliphatic rings. The monoisotopic (exact) mass is 277 g/mol. The van der Waals surface area contributed by atoms with Crippen LogP contribution in [0.5, 0.6) is 11.5 Å². The average Bonchev–Trinajstić information content (AvgIpc) is 2.98. The van der Waals surface area contributed by atoms with Gasteiger partial charge in [-0.15, -0.1) is 0 Å². The number of benzene rings is 1. The zero-order chi connectivity index (χ0) is 14.1. The molecule has 1 fully saturated rings. The number of esters is 1. The first-order chi connectivity index (χ1) is 9.63. The van der Waals surface area contributed by atoms with Crippen molar-refractivity contribution < 1.29 is 23.8 Å². The average molecular weight is 277 g/mol. The summed E-state index contributed by atoms with van der Waals surface area (Å²) in [6, 6.07) is 5.09. The van der Waals surface area contributed by atoms with Crippen molar-refractivity contribution in [3.63, 3.8) is 0 Å². The number of hydrogen-bond acceptors (Lipinski definition) is 5. The largest absolute Gasteiger partial charge is 0.455 e. The zero-order valence-electron chi connectivity index (χ0n) is 11.0. The van der Waals surface area contributed by atoms with Gasteiger partial charge in [0.1, 0.15) is 0 Å². The lowest BCUT2D eigenvalue weighted by Gasteiger charge is -2.07. The summed E-state index contributed by atoms with van der Waals surface area (Å²) in [5, 5.41) is 2.65. The van der Waals surface area contributed by atoms with Gasteiger partial charge in [0.25, 0.3) is 5.91 Å². The third-order valence-electron chi connectivity index (χ3n) is 3.41. The Labute approximate surface area is 116 Å². The molecule has 1 saturated carbocycles. The predicted octanol–water partition coefficient (Wildman–Crippen LogP) is 1.55. The number of hydrogen-bond donors (Lipinski definition) is 1. The summed E-state index contributed by atoms with van der Waals surface area (Å²) < 4.78 is 15.3. The smallest absolute Gasteiger partial charge is 0.309 e. The minimum Gasteiger partial charge on any atom is -0.455 e. The molecule has 3 rings (SSSR count). The van der Waals surface area contributed by atoms with Crippen LogP contribution in [0.4, 0.5) is 5.69 Å². The van der Waals surface area contributed by atoms with Crippen molar-refractivity contribution in [2.75, 3.05) is 18.7 Å². The van der Waals surface area contributed by atoms with E-state index in [1.807, 2.05) is 6.92 Å². The van der Waals surface area contributed by atoms with Gasteiger partial charge in [-0.3, -0.25) is 9.59 Å². The van der Waals surface area contributed by atoms with E-state index in [0.29, 0.717) is 23.1 Å². The van der Waals surface area contributed by atoms with Crippen molar-refractivity contribution >= 4 is 17.6 Å². The summed E-state index contributed by atoms with van der Waals surface area (Å²) in [6.45, 7) is 1.90. The van der Waals surface area contributed by atoms with Crippen LogP contribution in [-0.2, 0) is 14.3 Å². The standard InChI is InChI=1S/C14H15NO5/c1-8-4-10(8)14(17)18-6-13(16)15-9-2-3-11-12(5-9)20-7-19-11/h2-3,5,8,10H,4,6-7H2,1H3,(H,15,16). The van der Waals surface area contributed by atoms with Crippen LogP contribution in [0.25, 0.3) is 0 Å². The number of amides is 1. The number of rotatable bonds is 4. The van der Waals surface area contributed by atoms with Crippen molar-refractivity contribution in [1.29, 1.82) is 0 Å². The molecule has 1 heterocycles. The second kappa shape index (κ2) is 5.03. The van der Waals surface area contributed by atoms with E-state index in [4.69, 9.17) is 14.2 Å². The van der Waals surface area contributed by atoms with Gasteiger partial charge < -0.3 is 19.5 Å². The molecule has 1 amide bonds. The first kappa shape index (κ1) is 12.8. The number of anilines is 1. The fraction of sp³-hybridized carbons (Fsp3) is 0.429. The second-order valence-electron chi connectivity index (χ2n) is 5.04. The van der Waals surface area contributed by atoms with E-state index in [9.17, 15) is 9.59 Å². The molecular weight excluding hydrogens is 262 g/mol. The molecule has 0 aromatic heterocycles. The van der Waals surface area contributed by atoms with Crippen LogP contribution in [0.2, 0.25) is 0 Å². The number of fused-ring (bicyclic) bond motifs is 1. The summed E-state index contributed by atoms with van der Waals surface area (Å²) in [6.07, 6.45) is 0.850. The lowest BCUT2D eigenvalue weighted by Crippen LogP contribution is -2.21. The summed E-state index contributed by atoms with van der Waals surface area (Å²) in [5.41, 5.74) is 0.579. The maximum Gasteiger partial charge on any atom is 0.309 e. The van der Waals surface area contributed by atoms with Crippen LogP contribution in [0.3, 0.4) is 0 Å². The molecule has 6 heteroatoms. The van der Waals surface area contributed by atoms with Gasteiger partial charge in [-0.05, 0) is 24.5 Å². The van der Waals surface area contributed by atoms with E-state index in [1.54, 1.807) is 18.2 Å².